The first-order chi connectivity index (χ1) is 9.28. The van der Waals surface area contributed by atoms with Crippen LogP contribution in [0.25, 0.3) is 6.08 Å². The van der Waals surface area contributed by atoms with E-state index >= 15 is 0 Å². The maximum atomic E-state index is 11.8. The predicted octanol–water partition coefficient (Wildman–Crippen LogP) is 1.58. The molecular formula is C15H20N2O2. The molecular weight excluding hydrogens is 240 g/mol. The molecule has 1 aromatic carbocycles. The normalized spacial score (nSPS) is 19.3. The molecule has 19 heavy (non-hydrogen) atoms. The topological polar surface area (TPSA) is 50.4 Å². The van der Waals surface area contributed by atoms with Crippen molar-refractivity contribution in [2.24, 2.45) is 0 Å². The van der Waals surface area contributed by atoms with Crippen LogP contribution in [0.5, 0.6) is 5.75 Å². The summed E-state index contributed by atoms with van der Waals surface area (Å²) in [6.45, 7) is 1.91. The minimum atomic E-state index is -0.0449. The van der Waals surface area contributed by atoms with Gasteiger partial charge in [0, 0.05) is 18.7 Å². The number of ether oxygens (including phenoxy) is 1. The Balaban J connectivity index is 1.88. The summed E-state index contributed by atoms with van der Waals surface area (Å²) in [6, 6.07) is 7.86. The van der Waals surface area contributed by atoms with Gasteiger partial charge in [-0.2, -0.15) is 0 Å². The van der Waals surface area contributed by atoms with Crippen LogP contribution < -0.4 is 15.4 Å². The molecule has 0 radical (unpaired) electrons. The highest BCUT2D eigenvalue weighted by Gasteiger charge is 2.13. The summed E-state index contributed by atoms with van der Waals surface area (Å²) in [6.07, 6.45) is 5.54. The lowest BCUT2D eigenvalue weighted by atomic mass is 10.1. The fraction of sp³-hybridized carbons (Fsp3) is 0.400. The predicted molar refractivity (Wildman–Crippen MR) is 76.1 cm³/mol. The summed E-state index contributed by atoms with van der Waals surface area (Å²) < 4.78 is 5.14. The molecule has 0 spiro atoms. The second kappa shape index (κ2) is 6.95. The third-order valence-corrected chi connectivity index (χ3v) is 3.16. The van der Waals surface area contributed by atoms with Gasteiger partial charge >= 0.3 is 0 Å². The number of nitrogens with one attached hydrogen (secondary N) is 2. The Morgan fingerprint density at radius 3 is 3.16 bits per heavy atom. The van der Waals surface area contributed by atoms with Crippen molar-refractivity contribution in [3.8, 4) is 5.75 Å². The summed E-state index contributed by atoms with van der Waals surface area (Å²) in [7, 11) is 1.63. The number of carbonyl (C=O) groups excluding carboxylic acids is 1. The minimum Gasteiger partial charge on any atom is -0.497 e. The van der Waals surface area contributed by atoms with Crippen molar-refractivity contribution in [3.63, 3.8) is 0 Å². The van der Waals surface area contributed by atoms with Crippen LogP contribution in [0.2, 0.25) is 0 Å². The van der Waals surface area contributed by atoms with Crippen LogP contribution in [0.15, 0.2) is 30.3 Å². The van der Waals surface area contributed by atoms with Gasteiger partial charge in [0.15, 0.2) is 0 Å². The van der Waals surface area contributed by atoms with Gasteiger partial charge in [-0.05, 0) is 43.2 Å². The van der Waals surface area contributed by atoms with E-state index in [0.29, 0.717) is 0 Å². The SMILES string of the molecule is COc1cccc(/C=C/C(=O)NC2CCCNC2)c1. The van der Waals surface area contributed by atoms with E-state index in [1.54, 1.807) is 19.3 Å². The summed E-state index contributed by atoms with van der Waals surface area (Å²) in [5, 5.41) is 6.27. The Bertz CT molecular complexity index is 451. The maximum Gasteiger partial charge on any atom is 0.244 e. The van der Waals surface area contributed by atoms with Crippen LogP contribution in [0, 0.1) is 0 Å². The Morgan fingerprint density at radius 2 is 2.42 bits per heavy atom. The van der Waals surface area contributed by atoms with Gasteiger partial charge in [0.2, 0.25) is 5.91 Å². The molecule has 1 amide bonds. The maximum absolute atomic E-state index is 11.8. The molecule has 102 valence electrons. The summed E-state index contributed by atoms with van der Waals surface area (Å²) in [5.74, 6) is 0.746. The van der Waals surface area contributed by atoms with Gasteiger partial charge in [-0.3, -0.25) is 4.79 Å². The highest BCUT2D eigenvalue weighted by atomic mass is 16.5. The van der Waals surface area contributed by atoms with Crippen molar-refractivity contribution in [3.05, 3.63) is 35.9 Å². The van der Waals surface area contributed by atoms with Crippen molar-refractivity contribution >= 4 is 12.0 Å². The molecule has 1 aliphatic rings. The zero-order valence-corrected chi connectivity index (χ0v) is 11.2. The van der Waals surface area contributed by atoms with Crippen LogP contribution in [-0.4, -0.2) is 32.1 Å². The molecule has 0 bridgehead atoms. The number of hydrogen-bond acceptors (Lipinski definition) is 3. The highest BCUT2D eigenvalue weighted by Crippen LogP contribution is 2.13. The second-order valence-electron chi connectivity index (χ2n) is 4.66. The number of piperidine rings is 1. The lowest BCUT2D eigenvalue weighted by molar-refractivity contribution is -0.117. The van der Waals surface area contributed by atoms with Crippen LogP contribution in [-0.2, 0) is 4.79 Å². The molecule has 1 heterocycles. The average Bonchev–Trinajstić information content (AvgIpc) is 2.46. The van der Waals surface area contributed by atoms with Gasteiger partial charge < -0.3 is 15.4 Å². The molecule has 1 fully saturated rings. The fourth-order valence-electron chi connectivity index (χ4n) is 2.14. The molecule has 2 N–H and O–H groups in total. The molecule has 1 aromatic rings. The van der Waals surface area contributed by atoms with E-state index in [9.17, 15) is 4.79 Å². The number of amides is 1. The van der Waals surface area contributed by atoms with Gasteiger partial charge in [0.1, 0.15) is 5.75 Å². The lowest BCUT2D eigenvalue weighted by Crippen LogP contribution is -2.45. The Morgan fingerprint density at radius 1 is 1.53 bits per heavy atom. The van der Waals surface area contributed by atoms with Crippen LogP contribution in [0.3, 0.4) is 0 Å². The number of methoxy groups -OCH3 is 1. The molecule has 0 aliphatic carbocycles. The number of hydrogen-bond donors (Lipinski definition) is 2. The quantitative estimate of drug-likeness (QED) is 0.808. The first-order valence-electron chi connectivity index (χ1n) is 6.61. The van der Waals surface area contributed by atoms with Gasteiger partial charge in [-0.1, -0.05) is 12.1 Å². The van der Waals surface area contributed by atoms with Crippen molar-refractivity contribution < 1.29 is 9.53 Å². The van der Waals surface area contributed by atoms with Crippen molar-refractivity contribution in [2.75, 3.05) is 20.2 Å². The van der Waals surface area contributed by atoms with Crippen LogP contribution in [0.4, 0.5) is 0 Å². The van der Waals surface area contributed by atoms with Gasteiger partial charge in [0.25, 0.3) is 0 Å². The summed E-state index contributed by atoms with van der Waals surface area (Å²) >= 11 is 0. The molecule has 0 aromatic heterocycles. The summed E-state index contributed by atoms with van der Waals surface area (Å²) in [5.41, 5.74) is 0.955. The van der Waals surface area contributed by atoms with E-state index in [2.05, 4.69) is 10.6 Å². The smallest absolute Gasteiger partial charge is 0.244 e. The highest BCUT2D eigenvalue weighted by molar-refractivity contribution is 5.91. The molecule has 2 rings (SSSR count). The number of benzene rings is 1. The summed E-state index contributed by atoms with van der Waals surface area (Å²) in [4.78, 5) is 11.8. The zero-order valence-electron chi connectivity index (χ0n) is 11.2. The third kappa shape index (κ3) is 4.41. The molecule has 0 saturated carbocycles. The lowest BCUT2D eigenvalue weighted by Gasteiger charge is -2.23. The third-order valence-electron chi connectivity index (χ3n) is 3.16. The standard InChI is InChI=1S/C15H20N2O2/c1-19-14-6-2-4-12(10-14)7-8-15(18)17-13-5-3-9-16-11-13/h2,4,6-8,10,13,16H,3,5,9,11H2,1H3,(H,17,18)/b8-7+. The second-order valence-corrected chi connectivity index (χ2v) is 4.66. The Labute approximate surface area is 113 Å². The van der Waals surface area contributed by atoms with E-state index in [1.807, 2.05) is 24.3 Å². The van der Waals surface area contributed by atoms with E-state index < -0.39 is 0 Å². The number of rotatable bonds is 4. The van der Waals surface area contributed by atoms with Crippen molar-refractivity contribution in [1.82, 2.24) is 10.6 Å². The van der Waals surface area contributed by atoms with Crippen LogP contribution in [0.1, 0.15) is 18.4 Å². The van der Waals surface area contributed by atoms with Gasteiger partial charge in [0.05, 0.1) is 7.11 Å². The van der Waals surface area contributed by atoms with Gasteiger partial charge in [-0.25, -0.2) is 0 Å². The number of carbonyl (C=O) groups is 1. The van der Waals surface area contributed by atoms with E-state index in [4.69, 9.17) is 4.74 Å². The molecule has 4 nitrogen and oxygen atoms in total. The Kier molecular flexibility index (Phi) is 4.98. The van der Waals surface area contributed by atoms with Crippen molar-refractivity contribution in [1.29, 1.82) is 0 Å². The molecule has 1 unspecified atom stereocenters. The fourth-order valence-corrected chi connectivity index (χ4v) is 2.14. The van der Waals surface area contributed by atoms with E-state index in [0.717, 1.165) is 37.2 Å². The van der Waals surface area contributed by atoms with Crippen LogP contribution >= 0.6 is 0 Å². The first kappa shape index (κ1) is 13.6. The molecule has 1 aliphatic heterocycles. The van der Waals surface area contributed by atoms with Crippen molar-refractivity contribution in [2.45, 2.75) is 18.9 Å². The Hall–Kier alpha value is -1.81. The first-order valence-corrected chi connectivity index (χ1v) is 6.61. The molecule has 4 heteroatoms. The average molecular weight is 260 g/mol. The largest absolute Gasteiger partial charge is 0.497 e. The monoisotopic (exact) mass is 260 g/mol. The van der Waals surface area contributed by atoms with Gasteiger partial charge in [-0.15, -0.1) is 0 Å². The zero-order chi connectivity index (χ0) is 13.5. The van der Waals surface area contributed by atoms with E-state index in [-0.39, 0.29) is 11.9 Å². The molecule has 1 saturated heterocycles. The van der Waals surface area contributed by atoms with E-state index in [1.165, 1.54) is 0 Å². The minimum absolute atomic E-state index is 0.0449. The molecule has 1 atom stereocenters.